The van der Waals surface area contributed by atoms with E-state index in [1.807, 2.05) is 0 Å². The quantitative estimate of drug-likeness (QED) is 0.553. The van der Waals surface area contributed by atoms with E-state index in [4.69, 9.17) is 5.11 Å². The molecule has 1 saturated heterocycles. The Labute approximate surface area is 110 Å². The zero-order chi connectivity index (χ0) is 12.6. The molecule has 1 fully saturated rings. The van der Waals surface area contributed by atoms with Gasteiger partial charge in [0.2, 0.25) is 5.91 Å². The van der Waals surface area contributed by atoms with Crippen molar-refractivity contribution in [2.24, 2.45) is 0 Å². The lowest BCUT2D eigenvalue weighted by Gasteiger charge is -2.48. The SMILES string of the molecule is O=C(CBr)N[C@@H]1C(=O)N2C(C(=O)O)=CCS[C@H]12. The van der Waals surface area contributed by atoms with E-state index in [1.165, 1.54) is 22.7 Å². The van der Waals surface area contributed by atoms with Crippen LogP contribution in [-0.2, 0) is 14.4 Å². The fourth-order valence-electron chi connectivity index (χ4n) is 1.75. The Hall–Kier alpha value is -1.02. The second-order valence-electron chi connectivity index (χ2n) is 3.51. The number of carboxylic acids is 1. The van der Waals surface area contributed by atoms with Crippen molar-refractivity contribution in [2.75, 3.05) is 11.1 Å². The van der Waals surface area contributed by atoms with Crippen molar-refractivity contribution in [3.63, 3.8) is 0 Å². The van der Waals surface area contributed by atoms with Crippen molar-refractivity contribution in [3.8, 4) is 0 Å². The second-order valence-corrected chi connectivity index (χ2v) is 5.22. The van der Waals surface area contributed by atoms with Crippen LogP contribution in [0.15, 0.2) is 11.8 Å². The molecular formula is C9H9BrN2O4S. The molecule has 0 unspecified atom stereocenters. The number of amides is 2. The van der Waals surface area contributed by atoms with E-state index >= 15 is 0 Å². The van der Waals surface area contributed by atoms with Gasteiger partial charge in [0.05, 0.1) is 5.33 Å². The molecule has 0 radical (unpaired) electrons. The third-order valence-corrected chi connectivity index (χ3v) is 4.20. The monoisotopic (exact) mass is 320 g/mol. The van der Waals surface area contributed by atoms with Crippen LogP contribution >= 0.6 is 27.7 Å². The summed E-state index contributed by atoms with van der Waals surface area (Å²) in [4.78, 5) is 35.0. The fourth-order valence-corrected chi connectivity index (χ4v) is 3.11. The predicted octanol–water partition coefficient (Wildman–Crippen LogP) is -0.250. The van der Waals surface area contributed by atoms with Crippen molar-refractivity contribution in [2.45, 2.75) is 11.4 Å². The molecule has 2 aliphatic heterocycles. The molecule has 0 aliphatic carbocycles. The smallest absolute Gasteiger partial charge is 0.352 e. The minimum atomic E-state index is -1.12. The third kappa shape index (κ3) is 2.06. The summed E-state index contributed by atoms with van der Waals surface area (Å²) in [6, 6.07) is -0.618. The number of nitrogens with zero attached hydrogens (tertiary/aromatic N) is 1. The van der Waals surface area contributed by atoms with E-state index in [2.05, 4.69) is 21.2 Å². The van der Waals surface area contributed by atoms with Crippen molar-refractivity contribution in [3.05, 3.63) is 11.8 Å². The summed E-state index contributed by atoms with van der Waals surface area (Å²) in [5.74, 6) is -1.24. The summed E-state index contributed by atoms with van der Waals surface area (Å²) in [6.07, 6.45) is 1.50. The second kappa shape index (κ2) is 4.69. The maximum Gasteiger partial charge on any atom is 0.352 e. The van der Waals surface area contributed by atoms with Gasteiger partial charge in [-0.05, 0) is 6.08 Å². The number of β-lactam (4-membered cyclic amide) rings is 1. The molecule has 92 valence electrons. The summed E-state index contributed by atoms with van der Waals surface area (Å²) >= 11 is 4.42. The Bertz CT molecular complexity index is 425. The molecule has 0 saturated carbocycles. The number of carboxylic acid groups (broad SMARTS) is 1. The van der Waals surface area contributed by atoms with Gasteiger partial charge in [0.25, 0.3) is 5.91 Å². The predicted molar refractivity (Wildman–Crippen MR) is 64.5 cm³/mol. The standard InChI is InChI=1S/C9H9BrN2O4S/c10-3-5(13)11-6-7(14)12-4(9(15)16)1-2-17-8(6)12/h1,6,8H,2-3H2,(H,11,13)(H,15,16)/t6-,8-/m1/s1. The molecule has 0 aromatic heterocycles. The van der Waals surface area contributed by atoms with Gasteiger partial charge in [-0.1, -0.05) is 15.9 Å². The lowest BCUT2D eigenvalue weighted by molar-refractivity contribution is -0.150. The van der Waals surface area contributed by atoms with Gasteiger partial charge >= 0.3 is 5.97 Å². The Balaban J connectivity index is 2.11. The van der Waals surface area contributed by atoms with Gasteiger partial charge in [-0.25, -0.2) is 4.79 Å². The van der Waals surface area contributed by atoms with Gasteiger partial charge in [0.15, 0.2) is 0 Å². The first kappa shape index (κ1) is 12.4. The van der Waals surface area contributed by atoms with E-state index in [9.17, 15) is 14.4 Å². The summed E-state index contributed by atoms with van der Waals surface area (Å²) in [7, 11) is 0. The molecule has 0 spiro atoms. The number of fused-ring (bicyclic) bond motifs is 1. The molecule has 2 rings (SSSR count). The van der Waals surface area contributed by atoms with E-state index in [1.54, 1.807) is 0 Å². The first-order valence-corrected chi connectivity index (χ1v) is 6.96. The lowest BCUT2D eigenvalue weighted by Crippen LogP contribution is -2.70. The Morgan fingerprint density at radius 3 is 2.94 bits per heavy atom. The minimum Gasteiger partial charge on any atom is -0.477 e. The zero-order valence-corrected chi connectivity index (χ0v) is 11.0. The van der Waals surface area contributed by atoms with Gasteiger partial charge in [-0.2, -0.15) is 0 Å². The Morgan fingerprint density at radius 1 is 1.65 bits per heavy atom. The molecule has 0 aromatic carbocycles. The normalized spacial score (nSPS) is 26.8. The average molecular weight is 321 g/mol. The van der Waals surface area contributed by atoms with Crippen LogP contribution in [0.3, 0.4) is 0 Å². The summed E-state index contributed by atoms with van der Waals surface area (Å²) < 4.78 is 0. The first-order chi connectivity index (χ1) is 8.06. The van der Waals surface area contributed by atoms with E-state index in [0.29, 0.717) is 5.75 Å². The number of thioether (sulfide) groups is 1. The van der Waals surface area contributed by atoms with Crippen LogP contribution in [0.4, 0.5) is 0 Å². The number of aliphatic carboxylic acids is 1. The number of carbonyl (C=O) groups excluding carboxylic acids is 2. The van der Waals surface area contributed by atoms with Crippen molar-refractivity contribution in [1.82, 2.24) is 10.2 Å². The molecule has 2 amide bonds. The van der Waals surface area contributed by atoms with E-state index in [-0.39, 0.29) is 28.2 Å². The van der Waals surface area contributed by atoms with Crippen LogP contribution in [0.1, 0.15) is 0 Å². The number of rotatable bonds is 3. The van der Waals surface area contributed by atoms with Crippen LogP contribution in [0.2, 0.25) is 0 Å². The Kier molecular flexibility index (Phi) is 3.43. The van der Waals surface area contributed by atoms with Crippen LogP contribution in [0.25, 0.3) is 0 Å². The first-order valence-electron chi connectivity index (χ1n) is 4.79. The summed E-state index contributed by atoms with van der Waals surface area (Å²) in [6.45, 7) is 0. The molecule has 6 nitrogen and oxygen atoms in total. The molecule has 0 aromatic rings. The highest BCUT2D eigenvalue weighted by molar-refractivity contribution is 9.09. The fraction of sp³-hybridized carbons (Fsp3) is 0.444. The molecule has 2 heterocycles. The molecule has 0 bridgehead atoms. The molecule has 2 aliphatic rings. The number of hydrogen-bond donors (Lipinski definition) is 2. The van der Waals surface area contributed by atoms with Gasteiger partial charge < -0.3 is 10.4 Å². The lowest BCUT2D eigenvalue weighted by atomic mass is 10.1. The zero-order valence-electron chi connectivity index (χ0n) is 8.55. The average Bonchev–Trinajstić information content (AvgIpc) is 2.34. The van der Waals surface area contributed by atoms with Crippen molar-refractivity contribution < 1.29 is 19.5 Å². The van der Waals surface area contributed by atoms with Gasteiger partial charge in [0, 0.05) is 5.75 Å². The number of alkyl halides is 1. The van der Waals surface area contributed by atoms with E-state index < -0.39 is 12.0 Å². The number of halogens is 1. The minimum absolute atomic E-state index is 0.00286. The van der Waals surface area contributed by atoms with Crippen LogP contribution in [-0.4, -0.2) is 50.3 Å². The highest BCUT2D eigenvalue weighted by Crippen LogP contribution is 2.37. The van der Waals surface area contributed by atoms with E-state index in [0.717, 1.165) is 0 Å². The Morgan fingerprint density at radius 2 is 2.35 bits per heavy atom. The largest absolute Gasteiger partial charge is 0.477 e. The maximum atomic E-state index is 11.7. The number of carbonyl (C=O) groups is 3. The topological polar surface area (TPSA) is 86.7 Å². The molecular weight excluding hydrogens is 312 g/mol. The number of nitrogens with one attached hydrogen (secondary N) is 1. The third-order valence-electron chi connectivity index (χ3n) is 2.50. The maximum absolute atomic E-state index is 11.7. The summed E-state index contributed by atoms with van der Waals surface area (Å²) in [5.41, 5.74) is 0.00286. The number of hydrogen-bond acceptors (Lipinski definition) is 4. The molecule has 2 atom stereocenters. The highest BCUT2D eigenvalue weighted by Gasteiger charge is 2.52. The molecule has 8 heteroatoms. The molecule has 17 heavy (non-hydrogen) atoms. The summed E-state index contributed by atoms with van der Waals surface area (Å²) in [5, 5.41) is 11.3. The van der Waals surface area contributed by atoms with Crippen molar-refractivity contribution >= 4 is 45.5 Å². The highest BCUT2D eigenvalue weighted by atomic mass is 79.9. The van der Waals surface area contributed by atoms with Gasteiger partial charge in [-0.3, -0.25) is 14.5 Å². The van der Waals surface area contributed by atoms with Gasteiger partial charge in [0.1, 0.15) is 17.1 Å². The van der Waals surface area contributed by atoms with Gasteiger partial charge in [-0.15, -0.1) is 11.8 Å². The van der Waals surface area contributed by atoms with Crippen LogP contribution in [0.5, 0.6) is 0 Å². The van der Waals surface area contributed by atoms with Crippen LogP contribution < -0.4 is 5.32 Å². The van der Waals surface area contributed by atoms with Crippen LogP contribution in [0, 0.1) is 0 Å². The van der Waals surface area contributed by atoms with Crippen molar-refractivity contribution in [1.29, 1.82) is 0 Å². The molecule has 2 N–H and O–H groups in total.